The monoisotopic (exact) mass is 300 g/mol. The van der Waals surface area contributed by atoms with E-state index in [0.29, 0.717) is 23.1 Å². The summed E-state index contributed by atoms with van der Waals surface area (Å²) in [6.45, 7) is 5.83. The zero-order chi connectivity index (χ0) is 15.3. The van der Waals surface area contributed by atoms with Crippen LogP contribution in [0, 0.1) is 0 Å². The molecule has 0 aliphatic heterocycles. The summed E-state index contributed by atoms with van der Waals surface area (Å²) in [6.07, 6.45) is 0. The molecule has 0 aromatic heterocycles. The maximum absolute atomic E-state index is 12.0. The zero-order valence-corrected chi connectivity index (χ0v) is 13.0. The molecule has 112 valence electrons. The van der Waals surface area contributed by atoms with Crippen molar-refractivity contribution in [3.8, 4) is 5.75 Å². The molecule has 0 spiro atoms. The molecule has 5 nitrogen and oxygen atoms in total. The standard InChI is InChI=1S/C14H21ClN2O3/c1-5-20-12-8-10(15)6-7-11(12)16-13(18)17(4)9-14(2,3)19/h6-8,19H,5,9H2,1-4H3,(H,16,18). The van der Waals surface area contributed by atoms with E-state index in [0.717, 1.165) is 0 Å². The number of carbonyl (C=O) groups excluding carboxylic acids is 1. The largest absolute Gasteiger partial charge is 0.492 e. The van der Waals surface area contributed by atoms with Crippen molar-refractivity contribution < 1.29 is 14.6 Å². The van der Waals surface area contributed by atoms with Crippen LogP contribution in [-0.2, 0) is 0 Å². The van der Waals surface area contributed by atoms with Crippen molar-refractivity contribution in [1.29, 1.82) is 0 Å². The number of rotatable bonds is 5. The summed E-state index contributed by atoms with van der Waals surface area (Å²) in [7, 11) is 1.61. The number of halogens is 1. The molecule has 6 heteroatoms. The second-order valence-electron chi connectivity index (χ2n) is 5.17. The van der Waals surface area contributed by atoms with Gasteiger partial charge in [0.05, 0.1) is 24.4 Å². The van der Waals surface area contributed by atoms with Gasteiger partial charge in [-0.15, -0.1) is 0 Å². The van der Waals surface area contributed by atoms with Crippen molar-refractivity contribution in [3.05, 3.63) is 23.2 Å². The van der Waals surface area contributed by atoms with Crippen molar-refractivity contribution in [2.24, 2.45) is 0 Å². The highest BCUT2D eigenvalue weighted by molar-refractivity contribution is 6.30. The van der Waals surface area contributed by atoms with Crippen LogP contribution in [0.15, 0.2) is 18.2 Å². The number of nitrogens with zero attached hydrogens (tertiary/aromatic N) is 1. The topological polar surface area (TPSA) is 61.8 Å². The zero-order valence-electron chi connectivity index (χ0n) is 12.2. The van der Waals surface area contributed by atoms with Crippen LogP contribution < -0.4 is 10.1 Å². The molecule has 0 atom stereocenters. The lowest BCUT2D eigenvalue weighted by atomic mass is 10.1. The highest BCUT2D eigenvalue weighted by atomic mass is 35.5. The number of ether oxygens (including phenoxy) is 1. The van der Waals surface area contributed by atoms with Crippen LogP contribution in [0.3, 0.4) is 0 Å². The Morgan fingerprint density at radius 2 is 2.15 bits per heavy atom. The van der Waals surface area contributed by atoms with E-state index in [-0.39, 0.29) is 12.6 Å². The van der Waals surface area contributed by atoms with E-state index >= 15 is 0 Å². The lowest BCUT2D eigenvalue weighted by molar-refractivity contribution is 0.0550. The van der Waals surface area contributed by atoms with Gasteiger partial charge in [-0.05, 0) is 32.9 Å². The molecule has 0 saturated heterocycles. The van der Waals surface area contributed by atoms with Crippen molar-refractivity contribution in [2.75, 3.05) is 25.5 Å². The van der Waals surface area contributed by atoms with Crippen LogP contribution in [0.5, 0.6) is 5.75 Å². The normalized spacial score (nSPS) is 11.1. The molecular formula is C14H21ClN2O3. The minimum Gasteiger partial charge on any atom is -0.492 e. The molecular weight excluding hydrogens is 280 g/mol. The SMILES string of the molecule is CCOc1cc(Cl)ccc1NC(=O)N(C)CC(C)(C)O. The molecule has 2 amide bonds. The summed E-state index contributed by atoms with van der Waals surface area (Å²) >= 11 is 5.90. The Kier molecular flexibility index (Phi) is 5.65. The second-order valence-corrected chi connectivity index (χ2v) is 5.61. The summed E-state index contributed by atoms with van der Waals surface area (Å²) in [4.78, 5) is 13.5. The average Bonchev–Trinajstić information content (AvgIpc) is 2.30. The Balaban J connectivity index is 2.79. The Morgan fingerprint density at radius 1 is 1.50 bits per heavy atom. The third kappa shape index (κ3) is 5.27. The molecule has 0 bridgehead atoms. The lowest BCUT2D eigenvalue weighted by Crippen LogP contribution is -2.41. The van der Waals surface area contributed by atoms with Gasteiger partial charge in [-0.3, -0.25) is 0 Å². The van der Waals surface area contributed by atoms with E-state index in [1.807, 2.05) is 6.92 Å². The van der Waals surface area contributed by atoms with Crippen molar-refractivity contribution >= 4 is 23.3 Å². The van der Waals surface area contributed by atoms with Gasteiger partial charge in [0, 0.05) is 18.1 Å². The second kappa shape index (κ2) is 6.81. The summed E-state index contributed by atoms with van der Waals surface area (Å²) in [6, 6.07) is 4.69. The van der Waals surface area contributed by atoms with Crippen LogP contribution in [0.25, 0.3) is 0 Å². The molecule has 1 rings (SSSR count). The molecule has 0 fully saturated rings. The van der Waals surface area contributed by atoms with Gasteiger partial charge >= 0.3 is 6.03 Å². The number of benzene rings is 1. The van der Waals surface area contributed by atoms with Crippen LogP contribution in [0.1, 0.15) is 20.8 Å². The number of urea groups is 1. The quantitative estimate of drug-likeness (QED) is 0.879. The molecule has 2 N–H and O–H groups in total. The molecule has 1 aromatic rings. The van der Waals surface area contributed by atoms with Gasteiger partial charge in [-0.2, -0.15) is 0 Å². The van der Waals surface area contributed by atoms with Gasteiger partial charge in [0.1, 0.15) is 5.75 Å². The number of likely N-dealkylation sites (N-methyl/N-ethyl adjacent to an activating group) is 1. The third-order valence-electron chi connectivity index (χ3n) is 2.46. The van der Waals surface area contributed by atoms with Gasteiger partial charge in [-0.1, -0.05) is 11.6 Å². The van der Waals surface area contributed by atoms with E-state index in [9.17, 15) is 9.90 Å². The third-order valence-corrected chi connectivity index (χ3v) is 2.69. The first kappa shape index (κ1) is 16.6. The van der Waals surface area contributed by atoms with Crippen molar-refractivity contribution in [3.63, 3.8) is 0 Å². The van der Waals surface area contributed by atoms with Gasteiger partial charge in [0.25, 0.3) is 0 Å². The summed E-state index contributed by atoms with van der Waals surface area (Å²) in [5.41, 5.74) is -0.404. The van der Waals surface area contributed by atoms with Crippen LogP contribution in [-0.4, -0.2) is 41.8 Å². The predicted octanol–water partition coefficient (Wildman–Crippen LogP) is 2.97. The molecule has 0 unspecified atom stereocenters. The summed E-state index contributed by atoms with van der Waals surface area (Å²) in [5.74, 6) is 0.519. The van der Waals surface area contributed by atoms with Gasteiger partial charge < -0.3 is 20.1 Å². The number of nitrogens with one attached hydrogen (secondary N) is 1. The van der Waals surface area contributed by atoms with Crippen LogP contribution in [0.4, 0.5) is 10.5 Å². The van der Waals surface area contributed by atoms with Crippen molar-refractivity contribution in [2.45, 2.75) is 26.4 Å². The molecule has 20 heavy (non-hydrogen) atoms. The Labute approximate surface area is 124 Å². The predicted molar refractivity (Wildman–Crippen MR) is 80.6 cm³/mol. The fourth-order valence-corrected chi connectivity index (χ4v) is 1.90. The maximum Gasteiger partial charge on any atom is 0.321 e. The highest BCUT2D eigenvalue weighted by Crippen LogP contribution is 2.28. The first-order valence-electron chi connectivity index (χ1n) is 6.40. The van der Waals surface area contributed by atoms with Crippen LogP contribution >= 0.6 is 11.6 Å². The molecule has 0 heterocycles. The Bertz CT molecular complexity index is 472. The number of amides is 2. The molecule has 0 aliphatic rings. The van der Waals surface area contributed by atoms with Crippen LogP contribution in [0.2, 0.25) is 5.02 Å². The Morgan fingerprint density at radius 3 is 2.70 bits per heavy atom. The first-order valence-corrected chi connectivity index (χ1v) is 6.77. The fourth-order valence-electron chi connectivity index (χ4n) is 1.74. The Hall–Kier alpha value is -1.46. The smallest absolute Gasteiger partial charge is 0.321 e. The number of anilines is 1. The summed E-state index contributed by atoms with van der Waals surface area (Å²) < 4.78 is 5.43. The van der Waals surface area contributed by atoms with E-state index < -0.39 is 5.60 Å². The first-order chi connectivity index (χ1) is 9.23. The highest BCUT2D eigenvalue weighted by Gasteiger charge is 2.20. The maximum atomic E-state index is 12.0. The fraction of sp³-hybridized carbons (Fsp3) is 0.500. The molecule has 0 radical (unpaired) electrons. The van der Waals surface area contributed by atoms with E-state index in [1.54, 1.807) is 39.1 Å². The van der Waals surface area contributed by atoms with Crippen molar-refractivity contribution in [1.82, 2.24) is 4.90 Å². The molecule has 1 aromatic carbocycles. The molecule has 0 saturated carbocycles. The van der Waals surface area contributed by atoms with Gasteiger partial charge in [0.2, 0.25) is 0 Å². The van der Waals surface area contributed by atoms with Gasteiger partial charge in [0.15, 0.2) is 0 Å². The number of aliphatic hydroxyl groups is 1. The van der Waals surface area contributed by atoms with Gasteiger partial charge in [-0.25, -0.2) is 4.79 Å². The number of carbonyl (C=O) groups is 1. The molecule has 0 aliphatic carbocycles. The minimum absolute atomic E-state index is 0.219. The average molecular weight is 301 g/mol. The van der Waals surface area contributed by atoms with E-state index in [4.69, 9.17) is 16.3 Å². The number of hydrogen-bond acceptors (Lipinski definition) is 3. The minimum atomic E-state index is -0.950. The van der Waals surface area contributed by atoms with E-state index in [1.165, 1.54) is 4.90 Å². The summed E-state index contributed by atoms with van der Waals surface area (Å²) in [5, 5.41) is 13.0. The lowest BCUT2D eigenvalue weighted by Gasteiger charge is -2.26. The number of hydrogen-bond donors (Lipinski definition) is 2. The van der Waals surface area contributed by atoms with E-state index in [2.05, 4.69) is 5.32 Å².